The number of ether oxygens (including phenoxy) is 1. The molecule has 0 saturated heterocycles. The number of methoxy groups -OCH3 is 1. The number of aryl methyl sites for hydroxylation is 1. The van der Waals surface area contributed by atoms with Crippen LogP contribution in [0.15, 0.2) is 30.5 Å². The molecular formula is C12H13N3O. The van der Waals surface area contributed by atoms with Gasteiger partial charge in [-0.3, -0.25) is 4.98 Å². The summed E-state index contributed by atoms with van der Waals surface area (Å²) in [5.41, 5.74) is 9.13. The molecule has 0 amide bonds. The van der Waals surface area contributed by atoms with Gasteiger partial charge >= 0.3 is 0 Å². The molecule has 82 valence electrons. The van der Waals surface area contributed by atoms with Gasteiger partial charge in [-0.1, -0.05) is 0 Å². The number of pyridine rings is 2. The highest BCUT2D eigenvalue weighted by molar-refractivity contribution is 5.64. The van der Waals surface area contributed by atoms with Crippen LogP contribution in [0.5, 0.6) is 5.88 Å². The van der Waals surface area contributed by atoms with Crippen molar-refractivity contribution in [2.45, 2.75) is 6.92 Å². The van der Waals surface area contributed by atoms with Gasteiger partial charge < -0.3 is 10.5 Å². The quantitative estimate of drug-likeness (QED) is 0.832. The van der Waals surface area contributed by atoms with Gasteiger partial charge in [0, 0.05) is 29.2 Å². The summed E-state index contributed by atoms with van der Waals surface area (Å²) >= 11 is 0. The van der Waals surface area contributed by atoms with E-state index in [1.165, 1.54) is 0 Å². The first-order valence-corrected chi connectivity index (χ1v) is 4.93. The Morgan fingerprint density at radius 3 is 2.75 bits per heavy atom. The van der Waals surface area contributed by atoms with Crippen molar-refractivity contribution in [1.29, 1.82) is 0 Å². The SMILES string of the molecule is COc1cc(N)cc(-c2ccnc(C)c2)n1. The van der Waals surface area contributed by atoms with Gasteiger partial charge in [-0.25, -0.2) is 4.98 Å². The second kappa shape index (κ2) is 4.18. The Balaban J connectivity index is 2.51. The lowest BCUT2D eigenvalue weighted by molar-refractivity contribution is 0.399. The maximum Gasteiger partial charge on any atom is 0.215 e. The summed E-state index contributed by atoms with van der Waals surface area (Å²) in [6.07, 6.45) is 1.75. The molecule has 0 radical (unpaired) electrons. The van der Waals surface area contributed by atoms with Crippen molar-refractivity contribution in [1.82, 2.24) is 9.97 Å². The first-order chi connectivity index (χ1) is 7.69. The number of aromatic nitrogens is 2. The number of rotatable bonds is 2. The molecule has 0 saturated carbocycles. The summed E-state index contributed by atoms with van der Waals surface area (Å²) in [5.74, 6) is 0.518. The van der Waals surface area contributed by atoms with E-state index in [4.69, 9.17) is 10.5 Å². The molecule has 0 bridgehead atoms. The average Bonchev–Trinajstić information content (AvgIpc) is 2.28. The van der Waals surface area contributed by atoms with E-state index in [1.807, 2.05) is 25.1 Å². The molecule has 0 aliphatic carbocycles. The second-order valence-electron chi connectivity index (χ2n) is 3.51. The van der Waals surface area contributed by atoms with Crippen LogP contribution >= 0.6 is 0 Å². The van der Waals surface area contributed by atoms with Crippen molar-refractivity contribution >= 4 is 5.69 Å². The maximum absolute atomic E-state index is 5.77. The minimum atomic E-state index is 0.518. The van der Waals surface area contributed by atoms with E-state index < -0.39 is 0 Å². The number of hydrogen-bond acceptors (Lipinski definition) is 4. The summed E-state index contributed by atoms with van der Waals surface area (Å²) in [6.45, 7) is 1.94. The van der Waals surface area contributed by atoms with Crippen molar-refractivity contribution in [3.05, 3.63) is 36.2 Å². The lowest BCUT2D eigenvalue weighted by atomic mass is 10.1. The zero-order valence-corrected chi connectivity index (χ0v) is 9.27. The monoisotopic (exact) mass is 215 g/mol. The van der Waals surface area contributed by atoms with Gasteiger partial charge in [0.05, 0.1) is 12.8 Å². The Labute approximate surface area is 94.1 Å². The Bertz CT molecular complexity index is 511. The van der Waals surface area contributed by atoms with Crippen LogP contribution in [0.3, 0.4) is 0 Å². The Morgan fingerprint density at radius 1 is 1.25 bits per heavy atom. The number of nitrogen functional groups attached to an aromatic ring is 1. The minimum absolute atomic E-state index is 0.518. The van der Waals surface area contributed by atoms with Crippen LogP contribution in [0, 0.1) is 6.92 Å². The minimum Gasteiger partial charge on any atom is -0.481 e. The third-order valence-electron chi connectivity index (χ3n) is 2.23. The van der Waals surface area contributed by atoms with Crippen molar-refractivity contribution in [3.8, 4) is 17.1 Å². The fraction of sp³-hybridized carbons (Fsp3) is 0.167. The van der Waals surface area contributed by atoms with Gasteiger partial charge in [-0.2, -0.15) is 0 Å². The average molecular weight is 215 g/mol. The van der Waals surface area contributed by atoms with E-state index in [-0.39, 0.29) is 0 Å². The first-order valence-electron chi connectivity index (χ1n) is 4.93. The molecule has 0 aliphatic heterocycles. The predicted molar refractivity (Wildman–Crippen MR) is 63.2 cm³/mol. The fourth-order valence-electron chi connectivity index (χ4n) is 1.48. The summed E-state index contributed by atoms with van der Waals surface area (Å²) in [7, 11) is 1.57. The molecule has 4 heteroatoms. The molecule has 0 fully saturated rings. The molecule has 4 nitrogen and oxygen atoms in total. The van der Waals surface area contributed by atoms with Crippen LogP contribution in [0.2, 0.25) is 0 Å². The van der Waals surface area contributed by atoms with Crippen LogP contribution in [-0.2, 0) is 0 Å². The molecule has 2 aromatic heterocycles. The van der Waals surface area contributed by atoms with E-state index in [2.05, 4.69) is 9.97 Å². The standard InChI is InChI=1S/C12H13N3O/c1-8-5-9(3-4-14-8)11-6-10(13)7-12(15-11)16-2/h3-7H,1-2H3,(H2,13,15). The number of nitrogens with zero attached hydrogens (tertiary/aromatic N) is 2. The Morgan fingerprint density at radius 2 is 2.06 bits per heavy atom. The van der Waals surface area contributed by atoms with Crippen LogP contribution in [0.4, 0.5) is 5.69 Å². The molecule has 16 heavy (non-hydrogen) atoms. The normalized spacial score (nSPS) is 10.1. The topological polar surface area (TPSA) is 61.0 Å². The van der Waals surface area contributed by atoms with E-state index >= 15 is 0 Å². The van der Waals surface area contributed by atoms with Crippen molar-refractivity contribution < 1.29 is 4.74 Å². The fourth-order valence-corrected chi connectivity index (χ4v) is 1.48. The van der Waals surface area contributed by atoms with Crippen molar-refractivity contribution in [3.63, 3.8) is 0 Å². The van der Waals surface area contributed by atoms with E-state index in [0.717, 1.165) is 17.0 Å². The molecule has 0 aliphatic rings. The lowest BCUT2D eigenvalue weighted by Crippen LogP contribution is -1.94. The van der Waals surface area contributed by atoms with E-state index in [1.54, 1.807) is 19.4 Å². The van der Waals surface area contributed by atoms with E-state index in [0.29, 0.717) is 11.6 Å². The molecule has 0 spiro atoms. The summed E-state index contributed by atoms with van der Waals surface area (Å²) in [4.78, 5) is 8.47. The smallest absolute Gasteiger partial charge is 0.215 e. The zero-order valence-electron chi connectivity index (χ0n) is 9.27. The van der Waals surface area contributed by atoms with Gasteiger partial charge in [-0.05, 0) is 25.1 Å². The molecule has 0 aromatic carbocycles. The molecular weight excluding hydrogens is 202 g/mol. The zero-order chi connectivity index (χ0) is 11.5. The Kier molecular flexibility index (Phi) is 2.72. The molecule has 2 rings (SSSR count). The molecule has 2 heterocycles. The van der Waals surface area contributed by atoms with Crippen LogP contribution in [0.1, 0.15) is 5.69 Å². The maximum atomic E-state index is 5.77. The highest BCUT2D eigenvalue weighted by atomic mass is 16.5. The summed E-state index contributed by atoms with van der Waals surface area (Å²) in [6, 6.07) is 7.37. The highest BCUT2D eigenvalue weighted by Crippen LogP contribution is 2.23. The second-order valence-corrected chi connectivity index (χ2v) is 3.51. The van der Waals surface area contributed by atoms with Crippen LogP contribution in [-0.4, -0.2) is 17.1 Å². The third-order valence-corrected chi connectivity index (χ3v) is 2.23. The van der Waals surface area contributed by atoms with Gasteiger partial charge in [0.15, 0.2) is 0 Å². The first kappa shape index (κ1) is 10.4. The van der Waals surface area contributed by atoms with Crippen LogP contribution < -0.4 is 10.5 Å². The number of nitrogens with two attached hydrogens (primary N) is 1. The number of hydrogen-bond donors (Lipinski definition) is 1. The van der Waals surface area contributed by atoms with E-state index in [9.17, 15) is 0 Å². The van der Waals surface area contributed by atoms with Crippen LogP contribution in [0.25, 0.3) is 11.3 Å². The molecule has 0 unspecified atom stereocenters. The summed E-state index contributed by atoms with van der Waals surface area (Å²) in [5, 5.41) is 0. The van der Waals surface area contributed by atoms with Gasteiger partial charge in [0.1, 0.15) is 0 Å². The van der Waals surface area contributed by atoms with Gasteiger partial charge in [-0.15, -0.1) is 0 Å². The van der Waals surface area contributed by atoms with Crippen molar-refractivity contribution in [2.24, 2.45) is 0 Å². The number of anilines is 1. The third kappa shape index (κ3) is 2.11. The molecule has 2 aromatic rings. The van der Waals surface area contributed by atoms with Gasteiger partial charge in [0.2, 0.25) is 5.88 Å². The Hall–Kier alpha value is -2.10. The molecule has 2 N–H and O–H groups in total. The molecule has 0 atom stereocenters. The highest BCUT2D eigenvalue weighted by Gasteiger charge is 2.04. The lowest BCUT2D eigenvalue weighted by Gasteiger charge is -2.06. The summed E-state index contributed by atoms with van der Waals surface area (Å²) < 4.78 is 5.08. The predicted octanol–water partition coefficient (Wildman–Crippen LogP) is 2.04. The largest absolute Gasteiger partial charge is 0.481 e. The van der Waals surface area contributed by atoms with Gasteiger partial charge in [0.25, 0.3) is 0 Å². The van der Waals surface area contributed by atoms with Crippen molar-refractivity contribution in [2.75, 3.05) is 12.8 Å².